The Balaban J connectivity index is 2.30. The van der Waals surface area contributed by atoms with Crippen molar-refractivity contribution in [2.24, 2.45) is 0 Å². The van der Waals surface area contributed by atoms with E-state index in [4.69, 9.17) is 4.42 Å². The molecular formula is C13H14FN3O3. The first-order valence-electron chi connectivity index (χ1n) is 6.16. The van der Waals surface area contributed by atoms with E-state index in [1.807, 2.05) is 13.8 Å². The summed E-state index contributed by atoms with van der Waals surface area (Å²) in [4.78, 5) is 14.0. The fourth-order valence-corrected chi connectivity index (χ4v) is 1.82. The van der Waals surface area contributed by atoms with Crippen molar-refractivity contribution in [1.29, 1.82) is 0 Å². The van der Waals surface area contributed by atoms with Crippen LogP contribution < -0.4 is 5.32 Å². The van der Waals surface area contributed by atoms with Gasteiger partial charge in [0, 0.05) is 6.07 Å². The maximum atomic E-state index is 13.8. The van der Waals surface area contributed by atoms with Gasteiger partial charge < -0.3 is 9.73 Å². The highest BCUT2D eigenvalue weighted by molar-refractivity contribution is 5.59. The molecule has 2 aromatic rings. The van der Waals surface area contributed by atoms with Crippen molar-refractivity contribution < 1.29 is 13.7 Å². The minimum atomic E-state index is -0.710. The minimum Gasteiger partial charge on any atom is -0.439 e. The molecule has 6 nitrogen and oxygen atoms in total. The lowest BCUT2D eigenvalue weighted by Gasteiger charge is -2.06. The van der Waals surface area contributed by atoms with Gasteiger partial charge in [0.25, 0.3) is 5.69 Å². The Labute approximate surface area is 114 Å². The molecular weight excluding hydrogens is 265 g/mol. The van der Waals surface area contributed by atoms with E-state index < -0.39 is 10.7 Å². The van der Waals surface area contributed by atoms with Gasteiger partial charge in [0.1, 0.15) is 5.82 Å². The van der Waals surface area contributed by atoms with Crippen molar-refractivity contribution in [2.45, 2.75) is 19.9 Å². The molecule has 0 spiro atoms. The largest absolute Gasteiger partial charge is 0.439 e. The van der Waals surface area contributed by atoms with Crippen LogP contribution >= 0.6 is 0 Å². The molecule has 1 unspecified atom stereocenters. The topological polar surface area (TPSA) is 81.2 Å². The molecule has 0 radical (unpaired) electrons. The fourth-order valence-electron chi connectivity index (χ4n) is 1.82. The van der Waals surface area contributed by atoms with Crippen molar-refractivity contribution in [3.05, 3.63) is 46.2 Å². The van der Waals surface area contributed by atoms with Gasteiger partial charge in [-0.25, -0.2) is 9.37 Å². The summed E-state index contributed by atoms with van der Waals surface area (Å²) in [6.45, 7) is 4.59. The molecule has 0 amide bonds. The van der Waals surface area contributed by atoms with Crippen molar-refractivity contribution in [3.63, 3.8) is 0 Å². The SMILES string of the molecule is CCNC(C)c1ncc(-c2ccc([N+](=O)[O-])cc2F)o1. The molecule has 7 heteroatoms. The molecule has 1 atom stereocenters. The smallest absolute Gasteiger partial charge is 0.272 e. The van der Waals surface area contributed by atoms with E-state index in [1.165, 1.54) is 18.3 Å². The van der Waals surface area contributed by atoms with Gasteiger partial charge >= 0.3 is 0 Å². The van der Waals surface area contributed by atoms with Crippen molar-refractivity contribution in [1.82, 2.24) is 10.3 Å². The van der Waals surface area contributed by atoms with Gasteiger partial charge in [0.05, 0.1) is 28.8 Å². The van der Waals surface area contributed by atoms with Gasteiger partial charge in [0.15, 0.2) is 5.76 Å². The van der Waals surface area contributed by atoms with Gasteiger partial charge in [0.2, 0.25) is 5.89 Å². The maximum absolute atomic E-state index is 13.8. The Bertz CT molecular complexity index is 627. The number of nitrogens with one attached hydrogen (secondary N) is 1. The quantitative estimate of drug-likeness (QED) is 0.672. The van der Waals surface area contributed by atoms with Crippen LogP contribution in [0.4, 0.5) is 10.1 Å². The van der Waals surface area contributed by atoms with Gasteiger partial charge in [-0.2, -0.15) is 0 Å². The normalized spacial score (nSPS) is 12.3. The molecule has 0 aliphatic rings. The molecule has 20 heavy (non-hydrogen) atoms. The lowest BCUT2D eigenvalue weighted by Crippen LogP contribution is -2.17. The Morgan fingerprint density at radius 3 is 2.90 bits per heavy atom. The lowest BCUT2D eigenvalue weighted by molar-refractivity contribution is -0.385. The Kier molecular flexibility index (Phi) is 4.09. The molecule has 0 saturated carbocycles. The van der Waals surface area contributed by atoms with E-state index in [2.05, 4.69) is 10.3 Å². The zero-order valence-corrected chi connectivity index (χ0v) is 11.1. The number of benzene rings is 1. The van der Waals surface area contributed by atoms with E-state index in [0.717, 1.165) is 12.6 Å². The van der Waals surface area contributed by atoms with E-state index in [1.54, 1.807) is 0 Å². The predicted molar refractivity (Wildman–Crippen MR) is 70.6 cm³/mol. The van der Waals surface area contributed by atoms with Gasteiger partial charge in [-0.15, -0.1) is 0 Å². The molecule has 0 aliphatic carbocycles. The molecule has 1 aromatic heterocycles. The van der Waals surface area contributed by atoms with Crippen LogP contribution in [0, 0.1) is 15.9 Å². The van der Waals surface area contributed by atoms with Gasteiger partial charge in [-0.3, -0.25) is 10.1 Å². The second-order valence-corrected chi connectivity index (χ2v) is 4.26. The molecule has 106 valence electrons. The van der Waals surface area contributed by atoms with Gasteiger partial charge in [-0.05, 0) is 19.5 Å². The number of nitro benzene ring substituents is 1. The Hall–Kier alpha value is -2.28. The fraction of sp³-hybridized carbons (Fsp3) is 0.308. The highest BCUT2D eigenvalue weighted by Crippen LogP contribution is 2.28. The van der Waals surface area contributed by atoms with Crippen LogP contribution in [0.1, 0.15) is 25.8 Å². The van der Waals surface area contributed by atoms with Crippen molar-refractivity contribution >= 4 is 5.69 Å². The zero-order chi connectivity index (χ0) is 14.7. The van der Waals surface area contributed by atoms with E-state index in [9.17, 15) is 14.5 Å². The maximum Gasteiger partial charge on any atom is 0.272 e. The minimum absolute atomic E-state index is 0.0881. The Morgan fingerprint density at radius 2 is 2.30 bits per heavy atom. The van der Waals surface area contributed by atoms with Gasteiger partial charge in [-0.1, -0.05) is 6.92 Å². The summed E-state index contributed by atoms with van der Waals surface area (Å²) in [6.07, 6.45) is 1.41. The second-order valence-electron chi connectivity index (χ2n) is 4.26. The summed E-state index contributed by atoms with van der Waals surface area (Å²) in [5.41, 5.74) is -0.148. The zero-order valence-electron chi connectivity index (χ0n) is 11.1. The third kappa shape index (κ3) is 2.83. The molecule has 1 aromatic carbocycles. The third-order valence-electron chi connectivity index (χ3n) is 2.83. The van der Waals surface area contributed by atoms with Crippen LogP contribution in [0.5, 0.6) is 0 Å². The number of aromatic nitrogens is 1. The first-order valence-corrected chi connectivity index (χ1v) is 6.16. The first kappa shape index (κ1) is 14.1. The molecule has 2 rings (SSSR count). The molecule has 0 fully saturated rings. The average molecular weight is 279 g/mol. The van der Waals surface area contributed by atoms with Crippen molar-refractivity contribution in [2.75, 3.05) is 6.54 Å². The van der Waals surface area contributed by atoms with Crippen LogP contribution in [-0.4, -0.2) is 16.5 Å². The first-order chi connectivity index (χ1) is 9.52. The third-order valence-corrected chi connectivity index (χ3v) is 2.83. The summed E-state index contributed by atoms with van der Waals surface area (Å²) in [5.74, 6) is -0.0187. The number of nitrogens with zero attached hydrogens (tertiary/aromatic N) is 2. The lowest BCUT2D eigenvalue weighted by atomic mass is 10.1. The number of rotatable bonds is 5. The van der Waals surface area contributed by atoms with Crippen LogP contribution in [0.3, 0.4) is 0 Å². The van der Waals surface area contributed by atoms with Crippen molar-refractivity contribution in [3.8, 4) is 11.3 Å². The molecule has 1 heterocycles. The number of non-ortho nitro benzene ring substituents is 1. The summed E-state index contributed by atoms with van der Waals surface area (Å²) in [7, 11) is 0. The highest BCUT2D eigenvalue weighted by atomic mass is 19.1. The van der Waals surface area contributed by atoms with E-state index in [-0.39, 0.29) is 23.1 Å². The predicted octanol–water partition coefficient (Wildman–Crippen LogP) is 3.06. The standard InChI is InChI=1S/C13H14FN3O3/c1-3-15-8(2)13-16-7-12(20-13)10-5-4-9(17(18)19)6-11(10)14/h4-8,15H,3H2,1-2H3. The number of nitro groups is 1. The van der Waals surface area contributed by atoms with Crippen LogP contribution in [-0.2, 0) is 0 Å². The molecule has 1 N–H and O–H groups in total. The monoisotopic (exact) mass is 279 g/mol. The number of oxazole rings is 1. The molecule has 0 aliphatic heterocycles. The highest BCUT2D eigenvalue weighted by Gasteiger charge is 2.17. The van der Waals surface area contributed by atoms with Crippen LogP contribution in [0.2, 0.25) is 0 Å². The summed E-state index contributed by atoms with van der Waals surface area (Å²) >= 11 is 0. The second kappa shape index (κ2) is 5.79. The molecule has 0 bridgehead atoms. The average Bonchev–Trinajstić information content (AvgIpc) is 2.88. The van der Waals surface area contributed by atoms with E-state index >= 15 is 0 Å². The molecule has 0 saturated heterocycles. The van der Waals surface area contributed by atoms with E-state index in [0.29, 0.717) is 5.89 Å². The van der Waals surface area contributed by atoms with Crippen LogP contribution in [0.15, 0.2) is 28.8 Å². The summed E-state index contributed by atoms with van der Waals surface area (Å²) in [6, 6.07) is 3.32. The van der Waals surface area contributed by atoms with Crippen LogP contribution in [0.25, 0.3) is 11.3 Å². The summed E-state index contributed by atoms with van der Waals surface area (Å²) in [5, 5.41) is 13.7. The Morgan fingerprint density at radius 1 is 1.55 bits per heavy atom. The summed E-state index contributed by atoms with van der Waals surface area (Å²) < 4.78 is 19.3. The number of halogens is 1. The number of hydrogen-bond acceptors (Lipinski definition) is 5. The number of hydrogen-bond donors (Lipinski definition) is 1.